The molecule has 25 heavy (non-hydrogen) atoms. The number of sulfonamides is 1. The first kappa shape index (κ1) is 19.0. The quantitative estimate of drug-likeness (QED) is 0.763. The third kappa shape index (κ3) is 5.61. The minimum Gasteiger partial charge on any atom is -0.295 e. The summed E-state index contributed by atoms with van der Waals surface area (Å²) in [5, 5.41) is 0. The van der Waals surface area contributed by atoms with Gasteiger partial charge in [-0.05, 0) is 18.7 Å². The number of halogens is 2. The Balaban J connectivity index is 2.16. The van der Waals surface area contributed by atoms with Crippen LogP contribution in [-0.4, -0.2) is 38.9 Å². The molecule has 0 amide bonds. The molecule has 5 nitrogen and oxygen atoms in total. The molecule has 2 aromatic rings. The number of carbonyl (C=O) groups is 1. The third-order valence-corrected chi connectivity index (χ3v) is 3.95. The molecule has 0 aliphatic heterocycles. The summed E-state index contributed by atoms with van der Waals surface area (Å²) in [4.78, 5) is 14.0. The van der Waals surface area contributed by atoms with Gasteiger partial charge in [0, 0.05) is 12.6 Å². The second kappa shape index (κ2) is 7.71. The molecule has 2 aromatic carbocycles. The Kier molecular flexibility index (Phi) is 5.86. The van der Waals surface area contributed by atoms with Crippen molar-refractivity contribution in [1.82, 2.24) is 4.90 Å². The van der Waals surface area contributed by atoms with Gasteiger partial charge in [-0.25, -0.2) is 17.2 Å². The van der Waals surface area contributed by atoms with Crippen LogP contribution in [0.25, 0.3) is 0 Å². The van der Waals surface area contributed by atoms with Gasteiger partial charge in [0.05, 0.1) is 24.1 Å². The molecule has 2 rings (SSSR count). The molecule has 0 bridgehead atoms. The van der Waals surface area contributed by atoms with Crippen molar-refractivity contribution in [2.75, 3.05) is 24.6 Å². The SMILES string of the molecule is CN(CC(=O)c1cc(NS(C)(=O)=O)c(F)cc1F)Cc1ccccc1. The maximum atomic E-state index is 13.9. The van der Waals surface area contributed by atoms with Gasteiger partial charge in [0.1, 0.15) is 11.6 Å². The Morgan fingerprint density at radius 3 is 2.36 bits per heavy atom. The molecule has 8 heteroatoms. The summed E-state index contributed by atoms with van der Waals surface area (Å²) in [5.41, 5.74) is 0.155. The zero-order chi connectivity index (χ0) is 18.6. The van der Waals surface area contributed by atoms with Gasteiger partial charge < -0.3 is 0 Å². The van der Waals surface area contributed by atoms with E-state index in [9.17, 15) is 22.0 Å². The summed E-state index contributed by atoms with van der Waals surface area (Å²) < 4.78 is 52.0. The summed E-state index contributed by atoms with van der Waals surface area (Å²) in [5.74, 6) is -2.70. The number of Topliss-reactive ketones (excluding diaryl/α,β-unsaturated/α-hetero) is 1. The predicted octanol–water partition coefficient (Wildman–Crippen LogP) is 2.65. The van der Waals surface area contributed by atoms with Crippen molar-refractivity contribution in [3.8, 4) is 0 Å². The molecule has 0 aromatic heterocycles. The molecule has 0 unspecified atom stereocenters. The minimum atomic E-state index is -3.75. The number of benzene rings is 2. The van der Waals surface area contributed by atoms with Gasteiger partial charge in [0.15, 0.2) is 5.78 Å². The predicted molar refractivity (Wildman–Crippen MR) is 91.9 cm³/mol. The van der Waals surface area contributed by atoms with E-state index < -0.39 is 33.1 Å². The van der Waals surface area contributed by atoms with E-state index in [1.54, 1.807) is 11.9 Å². The van der Waals surface area contributed by atoms with E-state index >= 15 is 0 Å². The summed E-state index contributed by atoms with van der Waals surface area (Å²) >= 11 is 0. The summed E-state index contributed by atoms with van der Waals surface area (Å²) in [7, 11) is -2.06. The van der Waals surface area contributed by atoms with Crippen LogP contribution >= 0.6 is 0 Å². The molecule has 0 saturated heterocycles. The summed E-state index contributed by atoms with van der Waals surface area (Å²) in [6.45, 7) is 0.375. The second-order valence-electron chi connectivity index (χ2n) is 5.77. The van der Waals surface area contributed by atoms with Crippen molar-refractivity contribution >= 4 is 21.5 Å². The van der Waals surface area contributed by atoms with E-state index in [-0.39, 0.29) is 12.1 Å². The first-order valence-corrected chi connectivity index (χ1v) is 9.27. The standard InChI is InChI=1S/C17H18F2N2O3S/c1-21(10-12-6-4-3-5-7-12)11-17(22)13-8-16(20-25(2,23)24)15(19)9-14(13)18/h3-9,20H,10-11H2,1-2H3. The molecule has 134 valence electrons. The van der Waals surface area contributed by atoms with Gasteiger partial charge in [-0.15, -0.1) is 0 Å². The largest absolute Gasteiger partial charge is 0.295 e. The number of carbonyl (C=O) groups excluding carboxylic acids is 1. The van der Waals surface area contributed by atoms with Crippen LogP contribution in [0, 0.1) is 11.6 Å². The van der Waals surface area contributed by atoms with Crippen LogP contribution in [0.1, 0.15) is 15.9 Å². The maximum Gasteiger partial charge on any atom is 0.229 e. The Morgan fingerprint density at radius 1 is 1.12 bits per heavy atom. The van der Waals surface area contributed by atoms with E-state index in [0.29, 0.717) is 12.6 Å². The Bertz CT molecular complexity index is 871. The van der Waals surface area contributed by atoms with Crippen molar-refractivity contribution < 1.29 is 22.0 Å². The van der Waals surface area contributed by atoms with Gasteiger partial charge >= 0.3 is 0 Å². The molecule has 0 aliphatic rings. The fraction of sp³-hybridized carbons (Fsp3) is 0.235. The molecule has 0 atom stereocenters. The van der Waals surface area contributed by atoms with Crippen LogP contribution < -0.4 is 4.72 Å². The Hall–Kier alpha value is -2.32. The highest BCUT2D eigenvalue weighted by molar-refractivity contribution is 7.92. The average Bonchev–Trinajstić information content (AvgIpc) is 2.49. The fourth-order valence-electron chi connectivity index (χ4n) is 2.32. The normalized spacial score (nSPS) is 11.6. The van der Waals surface area contributed by atoms with Crippen molar-refractivity contribution in [2.24, 2.45) is 0 Å². The molecule has 0 saturated carbocycles. The highest BCUT2D eigenvalue weighted by Crippen LogP contribution is 2.21. The van der Waals surface area contributed by atoms with E-state index in [1.165, 1.54) is 0 Å². The number of anilines is 1. The monoisotopic (exact) mass is 368 g/mol. The lowest BCUT2D eigenvalue weighted by molar-refractivity contribution is 0.0939. The number of hydrogen-bond acceptors (Lipinski definition) is 4. The van der Waals surface area contributed by atoms with Crippen molar-refractivity contribution in [3.05, 3.63) is 65.2 Å². The first-order valence-electron chi connectivity index (χ1n) is 7.38. The highest BCUT2D eigenvalue weighted by Gasteiger charge is 2.19. The topological polar surface area (TPSA) is 66.5 Å². The Labute approximate surface area is 145 Å². The lowest BCUT2D eigenvalue weighted by atomic mass is 10.1. The van der Waals surface area contributed by atoms with Crippen LogP contribution in [-0.2, 0) is 16.6 Å². The van der Waals surface area contributed by atoms with Gasteiger partial charge in [-0.1, -0.05) is 30.3 Å². The number of likely N-dealkylation sites (N-methyl/N-ethyl adjacent to an activating group) is 1. The van der Waals surface area contributed by atoms with E-state index in [2.05, 4.69) is 0 Å². The molecule has 1 N–H and O–H groups in total. The average molecular weight is 368 g/mol. The van der Waals surface area contributed by atoms with Crippen molar-refractivity contribution in [1.29, 1.82) is 0 Å². The zero-order valence-corrected chi connectivity index (χ0v) is 14.6. The molecular formula is C17H18F2N2O3S. The van der Waals surface area contributed by atoms with Gasteiger partial charge in [0.25, 0.3) is 0 Å². The molecule has 0 radical (unpaired) electrons. The van der Waals surface area contributed by atoms with E-state index in [4.69, 9.17) is 0 Å². The van der Waals surface area contributed by atoms with Gasteiger partial charge in [0.2, 0.25) is 10.0 Å². The molecule has 0 aliphatic carbocycles. The smallest absolute Gasteiger partial charge is 0.229 e. The fourth-order valence-corrected chi connectivity index (χ4v) is 2.88. The molecule has 0 fully saturated rings. The number of hydrogen-bond donors (Lipinski definition) is 1. The zero-order valence-electron chi connectivity index (χ0n) is 13.8. The third-order valence-electron chi connectivity index (χ3n) is 3.36. The first-order chi connectivity index (χ1) is 11.7. The van der Waals surface area contributed by atoms with Crippen LogP contribution in [0.5, 0.6) is 0 Å². The number of rotatable bonds is 7. The van der Waals surface area contributed by atoms with Crippen LogP contribution in [0.15, 0.2) is 42.5 Å². The highest BCUT2D eigenvalue weighted by atomic mass is 32.2. The van der Waals surface area contributed by atoms with E-state index in [0.717, 1.165) is 17.9 Å². The minimum absolute atomic E-state index is 0.101. The summed E-state index contributed by atoms with van der Waals surface area (Å²) in [6, 6.07) is 10.8. The van der Waals surface area contributed by atoms with Crippen LogP contribution in [0.3, 0.4) is 0 Å². The Morgan fingerprint density at radius 2 is 1.76 bits per heavy atom. The lowest BCUT2D eigenvalue weighted by Gasteiger charge is -2.16. The number of nitrogens with one attached hydrogen (secondary N) is 1. The van der Waals surface area contributed by atoms with Crippen LogP contribution in [0.2, 0.25) is 0 Å². The van der Waals surface area contributed by atoms with Crippen LogP contribution in [0.4, 0.5) is 14.5 Å². The summed E-state index contributed by atoms with van der Waals surface area (Å²) in [6.07, 6.45) is 0.838. The van der Waals surface area contributed by atoms with E-state index in [1.807, 2.05) is 35.1 Å². The molecular weight excluding hydrogens is 350 g/mol. The number of nitrogens with zero attached hydrogens (tertiary/aromatic N) is 1. The lowest BCUT2D eigenvalue weighted by Crippen LogP contribution is -2.26. The molecule has 0 heterocycles. The maximum absolute atomic E-state index is 13.9. The van der Waals surface area contributed by atoms with Gasteiger partial charge in [-0.3, -0.25) is 14.4 Å². The van der Waals surface area contributed by atoms with Gasteiger partial charge in [-0.2, -0.15) is 0 Å². The number of ketones is 1. The van der Waals surface area contributed by atoms with Crippen molar-refractivity contribution in [2.45, 2.75) is 6.54 Å². The molecule has 0 spiro atoms. The van der Waals surface area contributed by atoms with Crippen molar-refractivity contribution in [3.63, 3.8) is 0 Å². The second-order valence-corrected chi connectivity index (χ2v) is 7.52.